The van der Waals surface area contributed by atoms with Crippen molar-refractivity contribution < 1.29 is 27.4 Å². The van der Waals surface area contributed by atoms with Crippen LogP contribution in [0.25, 0.3) is 0 Å². The SMILES string of the molecule is COC(=O)C1=C(N)Oc2cc(C)n(C)c(=O)c2[C@@H]1c1ccc(C(F)(F)F)cc1. The normalized spacial score (nSPS) is 16.4. The molecule has 0 fully saturated rings. The standard InChI is InChI=1S/C19H17F3N2O4/c1-9-8-12-14(17(25)24(9)2)13(15(16(23)28-12)18(26)27-3)10-4-6-11(7-5-10)19(20,21)22/h4-8,13H,23H2,1-3H3/t13-/m0/s1. The molecule has 0 bridgehead atoms. The van der Waals surface area contributed by atoms with E-state index in [0.29, 0.717) is 5.69 Å². The molecular formula is C19H17F3N2O4. The van der Waals surface area contributed by atoms with E-state index in [4.69, 9.17) is 15.2 Å². The molecule has 6 nitrogen and oxygen atoms in total. The number of pyridine rings is 1. The highest BCUT2D eigenvalue weighted by molar-refractivity contribution is 5.92. The van der Waals surface area contributed by atoms with Gasteiger partial charge >= 0.3 is 12.1 Å². The summed E-state index contributed by atoms with van der Waals surface area (Å²) < 4.78 is 50.3. The first-order valence-corrected chi connectivity index (χ1v) is 8.19. The number of hydrogen-bond acceptors (Lipinski definition) is 5. The fraction of sp³-hybridized carbons (Fsp3) is 0.263. The van der Waals surface area contributed by atoms with Crippen LogP contribution in [0.15, 0.2) is 46.6 Å². The van der Waals surface area contributed by atoms with Crippen LogP contribution >= 0.6 is 0 Å². The zero-order chi connectivity index (χ0) is 20.8. The fourth-order valence-electron chi connectivity index (χ4n) is 3.15. The summed E-state index contributed by atoms with van der Waals surface area (Å²) in [6.45, 7) is 1.69. The lowest BCUT2D eigenvalue weighted by atomic mass is 9.83. The van der Waals surface area contributed by atoms with Crippen LogP contribution < -0.4 is 16.0 Å². The fourth-order valence-corrected chi connectivity index (χ4v) is 3.15. The van der Waals surface area contributed by atoms with Gasteiger partial charge in [0.25, 0.3) is 5.56 Å². The number of alkyl halides is 3. The van der Waals surface area contributed by atoms with Crippen molar-refractivity contribution in [3.05, 3.63) is 74.5 Å². The quantitative estimate of drug-likeness (QED) is 0.792. The average Bonchev–Trinajstić information content (AvgIpc) is 2.64. The van der Waals surface area contributed by atoms with E-state index >= 15 is 0 Å². The second-order valence-electron chi connectivity index (χ2n) is 6.35. The first-order valence-electron chi connectivity index (χ1n) is 8.19. The monoisotopic (exact) mass is 394 g/mol. The number of fused-ring (bicyclic) bond motifs is 1. The van der Waals surface area contributed by atoms with Crippen LogP contribution in [0, 0.1) is 6.92 Å². The van der Waals surface area contributed by atoms with E-state index < -0.39 is 29.2 Å². The molecule has 9 heteroatoms. The Morgan fingerprint density at radius 2 is 1.86 bits per heavy atom. The van der Waals surface area contributed by atoms with Crippen molar-refractivity contribution in [3.8, 4) is 5.75 Å². The first kappa shape index (κ1) is 19.5. The maximum absolute atomic E-state index is 12.9. The Hall–Kier alpha value is -3.23. The molecule has 148 valence electrons. The molecule has 1 aliphatic rings. The van der Waals surface area contributed by atoms with Crippen LogP contribution in [0.2, 0.25) is 0 Å². The van der Waals surface area contributed by atoms with Crippen LogP contribution in [-0.2, 0) is 22.8 Å². The zero-order valence-electron chi connectivity index (χ0n) is 15.3. The smallest absolute Gasteiger partial charge is 0.416 e. The van der Waals surface area contributed by atoms with Crippen LogP contribution in [0.5, 0.6) is 5.75 Å². The molecule has 2 aromatic rings. The molecule has 0 aliphatic carbocycles. The predicted octanol–water partition coefficient (Wildman–Crippen LogP) is 2.58. The van der Waals surface area contributed by atoms with Gasteiger partial charge < -0.3 is 19.8 Å². The van der Waals surface area contributed by atoms with Crippen LogP contribution in [0.1, 0.15) is 28.3 Å². The van der Waals surface area contributed by atoms with E-state index in [2.05, 4.69) is 0 Å². The van der Waals surface area contributed by atoms with E-state index in [9.17, 15) is 22.8 Å². The molecular weight excluding hydrogens is 377 g/mol. The average molecular weight is 394 g/mol. The van der Waals surface area contributed by atoms with Crippen molar-refractivity contribution >= 4 is 5.97 Å². The lowest BCUT2D eigenvalue weighted by Gasteiger charge is -2.28. The van der Waals surface area contributed by atoms with Crippen LogP contribution in [-0.4, -0.2) is 17.6 Å². The lowest BCUT2D eigenvalue weighted by Crippen LogP contribution is -2.34. The molecule has 0 spiro atoms. The molecule has 1 aliphatic heterocycles. The number of aromatic nitrogens is 1. The summed E-state index contributed by atoms with van der Waals surface area (Å²) >= 11 is 0. The lowest BCUT2D eigenvalue weighted by molar-refractivity contribution is -0.138. The van der Waals surface area contributed by atoms with Gasteiger partial charge in [-0.25, -0.2) is 4.79 Å². The van der Waals surface area contributed by atoms with Gasteiger partial charge in [0.05, 0.1) is 24.2 Å². The summed E-state index contributed by atoms with van der Waals surface area (Å²) in [6.07, 6.45) is -4.51. The van der Waals surface area contributed by atoms with Gasteiger partial charge in [0.15, 0.2) is 0 Å². The third kappa shape index (κ3) is 3.12. The molecule has 0 amide bonds. The molecule has 0 saturated heterocycles. The summed E-state index contributed by atoms with van der Waals surface area (Å²) in [5.74, 6) is -1.99. The third-order valence-corrected chi connectivity index (χ3v) is 4.71. The minimum atomic E-state index is -4.51. The molecule has 1 aromatic carbocycles. The Morgan fingerprint density at radius 1 is 1.25 bits per heavy atom. The minimum absolute atomic E-state index is 0.0995. The number of aryl methyl sites for hydroxylation is 1. The van der Waals surface area contributed by atoms with Crippen molar-refractivity contribution in [3.63, 3.8) is 0 Å². The van der Waals surface area contributed by atoms with E-state index in [0.717, 1.165) is 19.2 Å². The molecule has 0 saturated carbocycles. The van der Waals surface area contributed by atoms with Crippen molar-refractivity contribution in [1.82, 2.24) is 4.57 Å². The third-order valence-electron chi connectivity index (χ3n) is 4.71. The van der Waals surface area contributed by atoms with Gasteiger partial charge in [-0.15, -0.1) is 0 Å². The van der Waals surface area contributed by atoms with Gasteiger partial charge in [-0.05, 0) is 24.6 Å². The molecule has 0 unspecified atom stereocenters. The molecule has 3 rings (SSSR count). The van der Waals surface area contributed by atoms with Crippen molar-refractivity contribution in [2.75, 3.05) is 7.11 Å². The largest absolute Gasteiger partial charge is 0.465 e. The highest BCUT2D eigenvalue weighted by atomic mass is 19.4. The Labute approximate surface area is 158 Å². The Bertz CT molecular complexity index is 1040. The second-order valence-corrected chi connectivity index (χ2v) is 6.35. The number of rotatable bonds is 2. The number of benzene rings is 1. The molecule has 2 heterocycles. The summed E-state index contributed by atoms with van der Waals surface area (Å²) in [7, 11) is 2.68. The summed E-state index contributed by atoms with van der Waals surface area (Å²) in [6, 6.07) is 5.76. The van der Waals surface area contributed by atoms with E-state index in [1.54, 1.807) is 20.0 Å². The van der Waals surface area contributed by atoms with E-state index in [1.165, 1.54) is 16.7 Å². The number of carbonyl (C=O) groups is 1. The Morgan fingerprint density at radius 3 is 2.39 bits per heavy atom. The first-order chi connectivity index (χ1) is 13.1. The van der Waals surface area contributed by atoms with Crippen LogP contribution in [0.4, 0.5) is 13.2 Å². The number of methoxy groups -OCH3 is 1. The Balaban J connectivity index is 2.28. The number of halogens is 3. The number of nitrogens with zero attached hydrogens (tertiary/aromatic N) is 1. The molecule has 1 atom stereocenters. The van der Waals surface area contributed by atoms with E-state index in [1.807, 2.05) is 0 Å². The highest BCUT2D eigenvalue weighted by Crippen LogP contribution is 2.41. The number of nitrogens with two attached hydrogens (primary N) is 1. The number of ether oxygens (including phenoxy) is 2. The molecule has 0 radical (unpaired) electrons. The summed E-state index contributed by atoms with van der Waals surface area (Å²) in [4.78, 5) is 25.2. The molecule has 1 aromatic heterocycles. The highest BCUT2D eigenvalue weighted by Gasteiger charge is 2.38. The molecule has 28 heavy (non-hydrogen) atoms. The van der Waals surface area contributed by atoms with Gasteiger partial charge in [-0.1, -0.05) is 12.1 Å². The predicted molar refractivity (Wildman–Crippen MR) is 93.6 cm³/mol. The van der Waals surface area contributed by atoms with Gasteiger partial charge in [0, 0.05) is 18.8 Å². The van der Waals surface area contributed by atoms with Crippen molar-refractivity contribution in [1.29, 1.82) is 0 Å². The number of carbonyl (C=O) groups excluding carboxylic acids is 1. The topological polar surface area (TPSA) is 83.5 Å². The number of hydrogen-bond donors (Lipinski definition) is 1. The van der Waals surface area contributed by atoms with E-state index in [-0.39, 0.29) is 28.3 Å². The summed E-state index contributed by atoms with van der Waals surface area (Å²) in [5, 5.41) is 0. The summed E-state index contributed by atoms with van der Waals surface area (Å²) in [5.41, 5.74) is 5.43. The van der Waals surface area contributed by atoms with Crippen LogP contribution in [0.3, 0.4) is 0 Å². The maximum Gasteiger partial charge on any atom is 0.416 e. The Kier molecular flexibility index (Phi) is 4.70. The van der Waals surface area contributed by atoms with Gasteiger partial charge in [0.2, 0.25) is 5.88 Å². The van der Waals surface area contributed by atoms with Crippen molar-refractivity contribution in [2.24, 2.45) is 12.8 Å². The van der Waals surface area contributed by atoms with Crippen molar-refractivity contribution in [2.45, 2.75) is 19.0 Å². The minimum Gasteiger partial charge on any atom is -0.465 e. The molecule has 2 N–H and O–H groups in total. The van der Waals surface area contributed by atoms with Gasteiger partial charge in [0.1, 0.15) is 11.3 Å². The second kappa shape index (κ2) is 6.74. The number of esters is 1. The maximum atomic E-state index is 12.9. The van der Waals surface area contributed by atoms with Gasteiger partial charge in [-0.2, -0.15) is 13.2 Å². The van der Waals surface area contributed by atoms with Gasteiger partial charge in [-0.3, -0.25) is 4.79 Å². The zero-order valence-corrected chi connectivity index (χ0v) is 15.3.